The topological polar surface area (TPSA) is 20.3 Å². The van der Waals surface area contributed by atoms with E-state index in [2.05, 4.69) is 15.9 Å². The van der Waals surface area contributed by atoms with Crippen molar-refractivity contribution >= 4 is 21.8 Å². The largest absolute Gasteiger partial charge is 0.416 e. The fourth-order valence-corrected chi connectivity index (χ4v) is 2.28. The maximum Gasteiger partial charge on any atom is 0.416 e. The van der Waals surface area contributed by atoms with Gasteiger partial charge in [0.15, 0.2) is 0 Å². The van der Waals surface area contributed by atoms with Crippen LogP contribution in [-0.2, 0) is 6.18 Å². The average molecular weight is 334 g/mol. The molecule has 1 amide bonds. The van der Waals surface area contributed by atoms with Crippen molar-refractivity contribution in [3.8, 4) is 0 Å². The van der Waals surface area contributed by atoms with Crippen molar-refractivity contribution in [3.05, 3.63) is 46.0 Å². The van der Waals surface area contributed by atoms with Gasteiger partial charge in [-0.2, -0.15) is 13.2 Å². The number of amides is 1. The number of hydrogen-bond donors (Lipinski definition) is 0. The lowest BCUT2D eigenvalue weighted by molar-refractivity contribution is -0.137. The zero-order valence-corrected chi connectivity index (χ0v) is 11.5. The third-order valence-corrected chi connectivity index (χ3v) is 3.56. The third-order valence-electron chi connectivity index (χ3n) is 2.87. The van der Waals surface area contributed by atoms with Crippen LogP contribution in [0.1, 0.15) is 22.3 Å². The minimum Gasteiger partial charge on any atom is -0.335 e. The predicted molar refractivity (Wildman–Crippen MR) is 68.8 cm³/mol. The van der Waals surface area contributed by atoms with Gasteiger partial charge >= 0.3 is 6.18 Å². The molecule has 2 nitrogen and oxygen atoms in total. The van der Waals surface area contributed by atoms with Gasteiger partial charge in [0.25, 0.3) is 5.91 Å². The molecule has 0 N–H and O–H groups in total. The third kappa shape index (κ3) is 3.18. The standard InChI is InChI=1S/C13H11BrF3NO/c14-11-5-4-9(13(15,16)17)8-10(11)12(19)18-6-2-1-3-7-18/h1-2,4-5,8H,3,6-7H2. The molecule has 0 atom stereocenters. The zero-order chi connectivity index (χ0) is 14.0. The molecule has 0 aromatic heterocycles. The second-order valence-electron chi connectivity index (χ2n) is 4.20. The Kier molecular flexibility index (Phi) is 3.99. The Hall–Kier alpha value is -1.30. The van der Waals surface area contributed by atoms with E-state index in [1.54, 1.807) is 0 Å². The first-order chi connectivity index (χ1) is 8.89. The number of carbonyl (C=O) groups excluding carboxylic acids is 1. The fraction of sp³-hybridized carbons (Fsp3) is 0.308. The maximum atomic E-state index is 12.7. The number of carbonyl (C=O) groups is 1. The van der Waals surface area contributed by atoms with Gasteiger partial charge in [-0.05, 0) is 40.5 Å². The van der Waals surface area contributed by atoms with Crippen LogP contribution in [0.5, 0.6) is 0 Å². The minimum atomic E-state index is -4.45. The smallest absolute Gasteiger partial charge is 0.335 e. The van der Waals surface area contributed by atoms with Crippen LogP contribution >= 0.6 is 15.9 Å². The second kappa shape index (κ2) is 5.36. The van der Waals surface area contributed by atoms with Crippen LogP contribution in [0.15, 0.2) is 34.8 Å². The molecule has 1 aromatic rings. The van der Waals surface area contributed by atoms with Gasteiger partial charge in [-0.15, -0.1) is 0 Å². The lowest BCUT2D eigenvalue weighted by Crippen LogP contribution is -2.34. The van der Waals surface area contributed by atoms with Crippen molar-refractivity contribution in [1.82, 2.24) is 4.90 Å². The molecule has 102 valence electrons. The average Bonchev–Trinajstić information content (AvgIpc) is 2.38. The first kappa shape index (κ1) is 14.1. The van der Waals surface area contributed by atoms with E-state index in [1.807, 2.05) is 12.2 Å². The molecule has 0 radical (unpaired) electrons. The number of hydrogen-bond acceptors (Lipinski definition) is 1. The van der Waals surface area contributed by atoms with E-state index in [-0.39, 0.29) is 11.5 Å². The minimum absolute atomic E-state index is 0.0464. The van der Waals surface area contributed by atoms with Crippen molar-refractivity contribution in [2.45, 2.75) is 12.6 Å². The molecule has 0 unspecified atom stereocenters. The van der Waals surface area contributed by atoms with Gasteiger partial charge in [0.1, 0.15) is 0 Å². The Morgan fingerprint density at radius 2 is 2.00 bits per heavy atom. The summed E-state index contributed by atoms with van der Waals surface area (Å²) in [6, 6.07) is 3.11. The van der Waals surface area contributed by atoms with E-state index >= 15 is 0 Å². The van der Waals surface area contributed by atoms with Crippen molar-refractivity contribution in [2.75, 3.05) is 13.1 Å². The number of nitrogens with zero attached hydrogens (tertiary/aromatic N) is 1. The van der Waals surface area contributed by atoms with Crippen molar-refractivity contribution < 1.29 is 18.0 Å². The monoisotopic (exact) mass is 333 g/mol. The highest BCUT2D eigenvalue weighted by atomic mass is 79.9. The van der Waals surface area contributed by atoms with Gasteiger partial charge < -0.3 is 4.90 Å². The molecule has 0 saturated heterocycles. The highest BCUT2D eigenvalue weighted by Gasteiger charge is 2.32. The van der Waals surface area contributed by atoms with E-state index < -0.39 is 11.7 Å². The van der Waals surface area contributed by atoms with E-state index in [9.17, 15) is 18.0 Å². The summed E-state index contributed by atoms with van der Waals surface area (Å²) in [5, 5.41) is 0. The molecule has 2 rings (SSSR count). The highest BCUT2D eigenvalue weighted by Crippen LogP contribution is 2.32. The molecule has 19 heavy (non-hydrogen) atoms. The maximum absolute atomic E-state index is 12.7. The van der Waals surface area contributed by atoms with Crippen molar-refractivity contribution in [2.24, 2.45) is 0 Å². The summed E-state index contributed by atoms with van der Waals surface area (Å²) in [6.07, 6.45) is 0.0632. The predicted octanol–water partition coefficient (Wildman–Crippen LogP) is 3.87. The summed E-state index contributed by atoms with van der Waals surface area (Å²) in [6.45, 7) is 0.958. The van der Waals surface area contributed by atoms with E-state index in [1.165, 1.54) is 11.0 Å². The van der Waals surface area contributed by atoms with Crippen LogP contribution in [0.25, 0.3) is 0 Å². The first-order valence-electron chi connectivity index (χ1n) is 5.70. The lowest BCUT2D eigenvalue weighted by Gasteiger charge is -2.24. The van der Waals surface area contributed by atoms with Gasteiger partial charge in [-0.1, -0.05) is 12.2 Å². The Morgan fingerprint density at radius 1 is 1.26 bits per heavy atom. The summed E-state index contributed by atoms with van der Waals surface area (Å²) in [7, 11) is 0. The van der Waals surface area contributed by atoms with Crippen LogP contribution < -0.4 is 0 Å². The molecule has 1 aliphatic heterocycles. The van der Waals surface area contributed by atoms with Crippen LogP contribution in [0.3, 0.4) is 0 Å². The van der Waals surface area contributed by atoms with E-state index in [4.69, 9.17) is 0 Å². The van der Waals surface area contributed by atoms with Gasteiger partial charge in [0.05, 0.1) is 11.1 Å². The molecule has 0 fully saturated rings. The molecule has 1 aliphatic rings. The van der Waals surface area contributed by atoms with Crippen LogP contribution in [-0.4, -0.2) is 23.9 Å². The van der Waals surface area contributed by atoms with Crippen LogP contribution in [0, 0.1) is 0 Å². The summed E-state index contributed by atoms with van der Waals surface area (Å²) >= 11 is 3.13. The molecular formula is C13H11BrF3NO. The summed E-state index contributed by atoms with van der Waals surface area (Å²) in [4.78, 5) is 13.7. The molecule has 0 saturated carbocycles. The number of benzene rings is 1. The fourth-order valence-electron chi connectivity index (χ4n) is 1.86. The molecule has 6 heteroatoms. The lowest BCUT2D eigenvalue weighted by atomic mass is 10.1. The zero-order valence-electron chi connectivity index (χ0n) is 9.88. The quantitative estimate of drug-likeness (QED) is 0.714. The van der Waals surface area contributed by atoms with Crippen molar-refractivity contribution in [1.29, 1.82) is 0 Å². The molecule has 0 spiro atoms. The Bertz CT molecular complexity index is 525. The van der Waals surface area contributed by atoms with Gasteiger partial charge in [-0.25, -0.2) is 0 Å². The Morgan fingerprint density at radius 3 is 2.58 bits per heavy atom. The summed E-state index contributed by atoms with van der Waals surface area (Å²) in [5.74, 6) is -0.387. The number of rotatable bonds is 1. The van der Waals surface area contributed by atoms with Crippen LogP contribution in [0.4, 0.5) is 13.2 Å². The molecular weight excluding hydrogens is 323 g/mol. The second-order valence-corrected chi connectivity index (χ2v) is 5.06. The van der Waals surface area contributed by atoms with E-state index in [0.717, 1.165) is 18.6 Å². The van der Waals surface area contributed by atoms with Crippen molar-refractivity contribution in [3.63, 3.8) is 0 Å². The summed E-state index contributed by atoms with van der Waals surface area (Å²) < 4.78 is 38.3. The first-order valence-corrected chi connectivity index (χ1v) is 6.50. The molecule has 0 bridgehead atoms. The Balaban J connectivity index is 2.33. The SMILES string of the molecule is O=C(c1cc(C(F)(F)F)ccc1Br)N1CC=CCC1. The molecule has 0 aliphatic carbocycles. The Labute approximate surface area is 117 Å². The number of alkyl halides is 3. The van der Waals surface area contributed by atoms with Crippen LogP contribution in [0.2, 0.25) is 0 Å². The number of halogens is 4. The van der Waals surface area contributed by atoms with Gasteiger partial charge in [0.2, 0.25) is 0 Å². The summed E-state index contributed by atoms with van der Waals surface area (Å²) in [5.41, 5.74) is -0.767. The normalized spacial score (nSPS) is 15.7. The van der Waals surface area contributed by atoms with E-state index in [0.29, 0.717) is 17.6 Å². The van der Waals surface area contributed by atoms with Gasteiger partial charge in [0, 0.05) is 17.6 Å². The highest BCUT2D eigenvalue weighted by molar-refractivity contribution is 9.10. The molecule has 1 aromatic carbocycles. The van der Waals surface area contributed by atoms with Gasteiger partial charge in [-0.3, -0.25) is 4.79 Å². The molecule has 1 heterocycles.